The first kappa shape index (κ1) is 16.2. The summed E-state index contributed by atoms with van der Waals surface area (Å²) >= 11 is 3.76. The molecule has 0 amide bonds. The van der Waals surface area contributed by atoms with Crippen molar-refractivity contribution < 1.29 is 4.18 Å². The summed E-state index contributed by atoms with van der Waals surface area (Å²) in [6.07, 6.45) is 2.55. The molecule has 0 atom stereocenters. The lowest BCUT2D eigenvalue weighted by Gasteiger charge is -2.20. The lowest BCUT2D eigenvalue weighted by atomic mass is 10.3. The van der Waals surface area contributed by atoms with E-state index in [0.29, 0.717) is 0 Å². The van der Waals surface area contributed by atoms with Crippen LogP contribution >= 0.6 is 12.9 Å². The highest BCUT2D eigenvalue weighted by Gasteiger charge is 2.13. The van der Waals surface area contributed by atoms with Crippen LogP contribution in [0, 0.1) is 0 Å². The highest BCUT2D eigenvalue weighted by atomic mass is 32.1. The fourth-order valence-corrected chi connectivity index (χ4v) is 2.04. The maximum Gasteiger partial charge on any atom is 0.0737 e. The van der Waals surface area contributed by atoms with E-state index in [4.69, 9.17) is 4.18 Å². The molecule has 0 aromatic heterocycles. The average molecular weight is 248 g/mol. The second-order valence-electron chi connectivity index (χ2n) is 3.87. The molecule has 0 spiro atoms. The van der Waals surface area contributed by atoms with Crippen molar-refractivity contribution in [2.24, 2.45) is 0 Å². The molecule has 1 saturated heterocycles. The van der Waals surface area contributed by atoms with Crippen LogP contribution in [-0.4, -0.2) is 55.7 Å². The van der Waals surface area contributed by atoms with Crippen LogP contribution in [-0.2, 0) is 4.18 Å². The van der Waals surface area contributed by atoms with Gasteiger partial charge in [0.2, 0.25) is 0 Å². The fraction of sp³-hybridized carbons (Fsp3) is 1.00. The standard InChI is InChI=1S/C10H22N2OS.C2H6/c1-2-4-11-5-3-6-12(8-7-11)9-10-13-14;1-2/h14H,2-10H2,1H3;1-2H3. The van der Waals surface area contributed by atoms with Crippen molar-refractivity contribution in [1.82, 2.24) is 9.80 Å². The Morgan fingerprint density at radius 1 is 1.00 bits per heavy atom. The van der Waals surface area contributed by atoms with Crippen LogP contribution in [0.25, 0.3) is 0 Å². The minimum atomic E-state index is 0.733. The fourth-order valence-electron chi connectivity index (χ4n) is 1.96. The number of hydrogen-bond donors (Lipinski definition) is 1. The summed E-state index contributed by atoms with van der Waals surface area (Å²) in [6.45, 7) is 14.1. The molecule has 0 bridgehead atoms. The molecular formula is C12H28N2OS. The molecule has 98 valence electrons. The van der Waals surface area contributed by atoms with Crippen LogP contribution in [0.15, 0.2) is 0 Å². The smallest absolute Gasteiger partial charge is 0.0737 e. The van der Waals surface area contributed by atoms with Crippen molar-refractivity contribution in [3.63, 3.8) is 0 Å². The molecule has 1 aliphatic heterocycles. The van der Waals surface area contributed by atoms with Gasteiger partial charge in [0.15, 0.2) is 0 Å². The molecule has 16 heavy (non-hydrogen) atoms. The van der Waals surface area contributed by atoms with Crippen molar-refractivity contribution >= 4 is 12.9 Å². The molecule has 0 aromatic rings. The topological polar surface area (TPSA) is 15.7 Å². The molecule has 1 rings (SSSR count). The molecule has 0 unspecified atom stereocenters. The van der Waals surface area contributed by atoms with Gasteiger partial charge in [0, 0.05) is 19.6 Å². The zero-order valence-corrected chi connectivity index (χ0v) is 12.0. The summed E-state index contributed by atoms with van der Waals surface area (Å²) < 4.78 is 4.80. The lowest BCUT2D eigenvalue weighted by Crippen LogP contribution is -2.32. The van der Waals surface area contributed by atoms with Crippen LogP contribution < -0.4 is 0 Å². The summed E-state index contributed by atoms with van der Waals surface area (Å²) in [5.74, 6) is 0. The summed E-state index contributed by atoms with van der Waals surface area (Å²) in [6, 6.07) is 0. The van der Waals surface area contributed by atoms with E-state index in [9.17, 15) is 0 Å². The van der Waals surface area contributed by atoms with Gasteiger partial charge >= 0.3 is 0 Å². The third-order valence-electron chi connectivity index (χ3n) is 2.72. The Balaban J connectivity index is 0.00000106. The molecule has 1 aliphatic rings. The van der Waals surface area contributed by atoms with E-state index in [0.717, 1.165) is 13.2 Å². The van der Waals surface area contributed by atoms with Gasteiger partial charge in [-0.1, -0.05) is 20.8 Å². The van der Waals surface area contributed by atoms with Gasteiger partial charge in [-0.25, -0.2) is 0 Å². The van der Waals surface area contributed by atoms with Crippen LogP contribution in [0.3, 0.4) is 0 Å². The van der Waals surface area contributed by atoms with E-state index >= 15 is 0 Å². The van der Waals surface area contributed by atoms with Crippen molar-refractivity contribution in [3.05, 3.63) is 0 Å². The Bertz CT molecular complexity index is 147. The second kappa shape index (κ2) is 11.7. The second-order valence-corrected chi connectivity index (χ2v) is 4.13. The molecule has 0 saturated carbocycles. The minimum Gasteiger partial charge on any atom is -0.317 e. The molecule has 0 aromatic carbocycles. The monoisotopic (exact) mass is 248 g/mol. The average Bonchev–Trinajstić information content (AvgIpc) is 2.55. The van der Waals surface area contributed by atoms with Crippen molar-refractivity contribution in [3.8, 4) is 0 Å². The first-order chi connectivity index (χ1) is 7.86. The van der Waals surface area contributed by atoms with Crippen molar-refractivity contribution in [2.45, 2.75) is 33.6 Å². The lowest BCUT2D eigenvalue weighted by molar-refractivity contribution is 0.224. The van der Waals surface area contributed by atoms with Gasteiger partial charge in [0.1, 0.15) is 0 Å². The third kappa shape index (κ3) is 7.49. The zero-order valence-electron chi connectivity index (χ0n) is 11.1. The van der Waals surface area contributed by atoms with E-state index < -0.39 is 0 Å². The Kier molecular flexibility index (Phi) is 11.9. The first-order valence-electron chi connectivity index (χ1n) is 6.58. The first-order valence-corrected chi connectivity index (χ1v) is 6.94. The molecule has 0 aliphatic carbocycles. The van der Waals surface area contributed by atoms with Crippen LogP contribution in [0.1, 0.15) is 33.6 Å². The normalized spacial score (nSPS) is 18.8. The minimum absolute atomic E-state index is 0.733. The van der Waals surface area contributed by atoms with Gasteiger partial charge in [-0.3, -0.25) is 4.90 Å². The maximum atomic E-state index is 4.80. The zero-order chi connectivity index (χ0) is 12.2. The molecule has 1 heterocycles. The van der Waals surface area contributed by atoms with Gasteiger partial charge in [-0.05, 0) is 45.4 Å². The number of rotatable bonds is 5. The predicted molar refractivity (Wildman–Crippen MR) is 74.1 cm³/mol. The van der Waals surface area contributed by atoms with Gasteiger partial charge in [-0.2, -0.15) is 0 Å². The quantitative estimate of drug-likeness (QED) is 0.594. The SMILES string of the molecule is CC.CCCN1CCCN(CCOS)CC1. The molecule has 1 fully saturated rings. The van der Waals surface area contributed by atoms with E-state index in [1.165, 1.54) is 45.6 Å². The van der Waals surface area contributed by atoms with Gasteiger partial charge in [0.05, 0.1) is 6.61 Å². The number of thiol groups is 1. The Morgan fingerprint density at radius 2 is 1.56 bits per heavy atom. The summed E-state index contributed by atoms with van der Waals surface area (Å²) in [4.78, 5) is 5.02. The van der Waals surface area contributed by atoms with E-state index in [-0.39, 0.29) is 0 Å². The largest absolute Gasteiger partial charge is 0.317 e. The third-order valence-corrected chi connectivity index (χ3v) is 2.90. The highest BCUT2D eigenvalue weighted by molar-refractivity contribution is 7.75. The predicted octanol–water partition coefficient (Wildman–Crippen LogP) is 2.29. The van der Waals surface area contributed by atoms with Crippen molar-refractivity contribution in [1.29, 1.82) is 0 Å². The van der Waals surface area contributed by atoms with E-state index in [1.54, 1.807) is 0 Å². The van der Waals surface area contributed by atoms with Crippen molar-refractivity contribution in [2.75, 3.05) is 45.9 Å². The molecular weight excluding hydrogens is 220 g/mol. The van der Waals surface area contributed by atoms with Crippen LogP contribution in [0.4, 0.5) is 0 Å². The highest BCUT2D eigenvalue weighted by Crippen LogP contribution is 2.03. The van der Waals surface area contributed by atoms with E-state index in [2.05, 4.69) is 29.6 Å². The maximum absolute atomic E-state index is 4.80. The molecule has 0 N–H and O–H groups in total. The van der Waals surface area contributed by atoms with Crippen LogP contribution in [0.5, 0.6) is 0 Å². The Labute approximate surface area is 107 Å². The Morgan fingerprint density at radius 3 is 2.06 bits per heavy atom. The molecule has 0 radical (unpaired) electrons. The van der Waals surface area contributed by atoms with E-state index in [1.807, 2.05) is 13.8 Å². The summed E-state index contributed by atoms with van der Waals surface area (Å²) in [7, 11) is 0. The number of nitrogens with zero attached hydrogens (tertiary/aromatic N) is 2. The number of hydrogen-bond acceptors (Lipinski definition) is 4. The van der Waals surface area contributed by atoms with Gasteiger partial charge in [-0.15, -0.1) is 0 Å². The molecule has 4 heteroatoms. The van der Waals surface area contributed by atoms with Gasteiger partial charge < -0.3 is 9.08 Å². The Hall–Kier alpha value is 0.230. The summed E-state index contributed by atoms with van der Waals surface area (Å²) in [5.41, 5.74) is 0. The van der Waals surface area contributed by atoms with Crippen LogP contribution in [0.2, 0.25) is 0 Å². The van der Waals surface area contributed by atoms with Gasteiger partial charge in [0.25, 0.3) is 0 Å². The molecule has 3 nitrogen and oxygen atoms in total. The summed E-state index contributed by atoms with van der Waals surface area (Å²) in [5, 5.41) is 0.